The summed E-state index contributed by atoms with van der Waals surface area (Å²) in [7, 11) is -2.23. The first-order valence-electron chi connectivity index (χ1n) is 9.66. The number of nitrogens with one attached hydrogen (secondary N) is 1. The van der Waals surface area contributed by atoms with Crippen LogP contribution in [-0.2, 0) is 10.0 Å². The van der Waals surface area contributed by atoms with Gasteiger partial charge in [0.05, 0.1) is 7.11 Å². The highest BCUT2D eigenvalue weighted by atomic mass is 32.2. The van der Waals surface area contributed by atoms with Crippen LogP contribution in [-0.4, -0.2) is 39.6 Å². The van der Waals surface area contributed by atoms with Crippen LogP contribution in [0, 0.1) is 13.8 Å². The van der Waals surface area contributed by atoms with Crippen LogP contribution in [0.1, 0.15) is 24.0 Å². The third kappa shape index (κ3) is 3.82. The van der Waals surface area contributed by atoms with Crippen LogP contribution in [0.2, 0.25) is 0 Å². The summed E-state index contributed by atoms with van der Waals surface area (Å²) >= 11 is 0. The van der Waals surface area contributed by atoms with Crippen molar-refractivity contribution < 1.29 is 17.6 Å². The Morgan fingerprint density at radius 1 is 1.24 bits per heavy atom. The van der Waals surface area contributed by atoms with Crippen LogP contribution in [0.15, 0.2) is 45.7 Å². The topological polar surface area (TPSA) is 84.7 Å². The summed E-state index contributed by atoms with van der Waals surface area (Å²) in [4.78, 5) is 6.76. The maximum atomic E-state index is 13.0. The van der Waals surface area contributed by atoms with E-state index in [4.69, 9.17) is 9.15 Å². The molecule has 1 aromatic heterocycles. The molecule has 2 aromatic carbocycles. The molecule has 8 heteroatoms. The van der Waals surface area contributed by atoms with E-state index in [1.165, 1.54) is 7.11 Å². The van der Waals surface area contributed by atoms with Crippen molar-refractivity contribution in [2.24, 2.45) is 0 Å². The molecule has 7 nitrogen and oxygen atoms in total. The zero-order chi connectivity index (χ0) is 20.6. The van der Waals surface area contributed by atoms with Crippen LogP contribution in [0.25, 0.3) is 11.1 Å². The number of ether oxygens (including phenoxy) is 1. The van der Waals surface area contributed by atoms with Crippen molar-refractivity contribution in [1.82, 2.24) is 9.71 Å². The molecule has 2 heterocycles. The molecule has 1 fully saturated rings. The van der Waals surface area contributed by atoms with E-state index in [2.05, 4.69) is 9.71 Å². The number of hydrogen-bond donors (Lipinski definition) is 1. The highest BCUT2D eigenvalue weighted by Crippen LogP contribution is 2.30. The second kappa shape index (κ2) is 7.68. The lowest BCUT2D eigenvalue weighted by Gasteiger charge is -2.23. The molecule has 1 aliphatic heterocycles. The minimum Gasteiger partial charge on any atom is -0.495 e. The van der Waals surface area contributed by atoms with E-state index >= 15 is 0 Å². The van der Waals surface area contributed by atoms with Gasteiger partial charge in [0.25, 0.3) is 6.01 Å². The fourth-order valence-electron chi connectivity index (χ4n) is 3.70. The van der Waals surface area contributed by atoms with E-state index in [-0.39, 0.29) is 17.5 Å². The average molecular weight is 416 g/mol. The minimum absolute atomic E-state index is 0.0182. The normalized spacial score (nSPS) is 17.2. The molecule has 154 valence electrons. The number of benzene rings is 2. The number of methoxy groups -OCH3 is 1. The molecule has 0 radical (unpaired) electrons. The first-order chi connectivity index (χ1) is 13.9. The number of sulfonamides is 1. The Balaban J connectivity index is 1.54. The van der Waals surface area contributed by atoms with E-state index in [1.54, 1.807) is 12.1 Å². The predicted molar refractivity (Wildman–Crippen MR) is 112 cm³/mol. The van der Waals surface area contributed by atoms with E-state index < -0.39 is 10.0 Å². The van der Waals surface area contributed by atoms with Gasteiger partial charge in [-0.3, -0.25) is 0 Å². The van der Waals surface area contributed by atoms with Crippen LogP contribution in [0.4, 0.5) is 6.01 Å². The molecule has 1 atom stereocenters. The van der Waals surface area contributed by atoms with Gasteiger partial charge < -0.3 is 14.1 Å². The minimum atomic E-state index is -3.71. The monoisotopic (exact) mass is 415 g/mol. The summed E-state index contributed by atoms with van der Waals surface area (Å²) in [6, 6.07) is 11.5. The molecule has 4 rings (SSSR count). The third-order valence-electron chi connectivity index (χ3n) is 5.48. The fraction of sp³-hybridized carbons (Fsp3) is 0.381. The summed E-state index contributed by atoms with van der Waals surface area (Å²) in [5.74, 6) is 0.350. The number of rotatable bonds is 6. The molecule has 1 N–H and O–H groups in total. The Labute approximate surface area is 170 Å². The largest absolute Gasteiger partial charge is 0.495 e. The Kier molecular flexibility index (Phi) is 5.23. The summed E-state index contributed by atoms with van der Waals surface area (Å²) in [5.41, 5.74) is 3.42. The molecule has 1 aliphatic rings. The SMILES string of the molecule is COc1cc(C)c(C)cc1S(=O)(=O)NCC1CCCN1c1nc2ccccc2o1. The summed E-state index contributed by atoms with van der Waals surface area (Å²) in [6.07, 6.45) is 1.82. The third-order valence-corrected chi connectivity index (χ3v) is 6.93. The molecule has 0 saturated carbocycles. The van der Waals surface area contributed by atoms with E-state index in [1.807, 2.05) is 43.0 Å². The van der Waals surface area contributed by atoms with Crippen molar-refractivity contribution in [3.05, 3.63) is 47.5 Å². The number of para-hydroxylation sites is 2. The number of nitrogens with zero attached hydrogens (tertiary/aromatic N) is 2. The first-order valence-corrected chi connectivity index (χ1v) is 11.1. The molecule has 1 saturated heterocycles. The van der Waals surface area contributed by atoms with Crippen LogP contribution < -0.4 is 14.4 Å². The van der Waals surface area contributed by atoms with E-state index in [9.17, 15) is 8.42 Å². The van der Waals surface area contributed by atoms with Crippen molar-refractivity contribution in [3.63, 3.8) is 0 Å². The number of anilines is 1. The standard InChI is InChI=1S/C21H25N3O4S/c1-14-11-19(27-3)20(12-15(14)2)29(25,26)22-13-16-7-6-10-24(16)21-23-17-8-4-5-9-18(17)28-21/h4-5,8-9,11-12,16,22H,6-7,10,13H2,1-3H3. The van der Waals surface area contributed by atoms with Gasteiger partial charge in [-0.1, -0.05) is 12.1 Å². The summed E-state index contributed by atoms with van der Waals surface area (Å²) in [6.45, 7) is 4.88. The van der Waals surface area contributed by atoms with Crippen molar-refractivity contribution in [3.8, 4) is 5.75 Å². The molecule has 3 aromatic rings. The van der Waals surface area contributed by atoms with Gasteiger partial charge >= 0.3 is 0 Å². The summed E-state index contributed by atoms with van der Waals surface area (Å²) < 4.78 is 39.9. The molecular weight excluding hydrogens is 390 g/mol. The number of aromatic nitrogens is 1. The Morgan fingerprint density at radius 2 is 2.00 bits per heavy atom. The van der Waals surface area contributed by atoms with Crippen molar-refractivity contribution in [2.75, 3.05) is 25.1 Å². The lowest BCUT2D eigenvalue weighted by molar-refractivity contribution is 0.401. The second-order valence-electron chi connectivity index (χ2n) is 7.39. The second-order valence-corrected chi connectivity index (χ2v) is 9.13. The van der Waals surface area contributed by atoms with Gasteiger partial charge in [-0.2, -0.15) is 4.98 Å². The molecule has 1 unspecified atom stereocenters. The van der Waals surface area contributed by atoms with Crippen LogP contribution in [0.3, 0.4) is 0 Å². The molecule has 0 spiro atoms. The highest BCUT2D eigenvalue weighted by molar-refractivity contribution is 7.89. The highest BCUT2D eigenvalue weighted by Gasteiger charge is 2.30. The number of aryl methyl sites for hydroxylation is 2. The number of hydrogen-bond acceptors (Lipinski definition) is 6. The smallest absolute Gasteiger partial charge is 0.298 e. The molecule has 0 amide bonds. The Bertz CT molecular complexity index is 1110. The quantitative estimate of drug-likeness (QED) is 0.664. The van der Waals surface area contributed by atoms with Gasteiger partial charge in [0.2, 0.25) is 10.0 Å². The average Bonchev–Trinajstić information content (AvgIpc) is 3.34. The Morgan fingerprint density at radius 3 is 2.76 bits per heavy atom. The van der Waals surface area contributed by atoms with Gasteiger partial charge in [0.15, 0.2) is 5.58 Å². The predicted octanol–water partition coefficient (Wildman–Crippen LogP) is 3.40. The van der Waals surface area contributed by atoms with Gasteiger partial charge in [-0.25, -0.2) is 13.1 Å². The van der Waals surface area contributed by atoms with Gasteiger partial charge in [-0.05, 0) is 62.1 Å². The summed E-state index contributed by atoms with van der Waals surface area (Å²) in [5, 5.41) is 0. The first kappa shape index (κ1) is 19.7. The Hall–Kier alpha value is -2.58. The van der Waals surface area contributed by atoms with Gasteiger partial charge in [0.1, 0.15) is 16.2 Å². The van der Waals surface area contributed by atoms with Crippen molar-refractivity contribution in [2.45, 2.75) is 37.6 Å². The number of fused-ring (bicyclic) bond motifs is 1. The lowest BCUT2D eigenvalue weighted by atomic mass is 10.1. The van der Waals surface area contributed by atoms with E-state index in [0.717, 1.165) is 41.6 Å². The van der Waals surface area contributed by atoms with Crippen LogP contribution >= 0.6 is 0 Å². The fourth-order valence-corrected chi connectivity index (χ4v) is 5.01. The number of oxazole rings is 1. The van der Waals surface area contributed by atoms with E-state index in [0.29, 0.717) is 11.8 Å². The molecule has 0 bridgehead atoms. The maximum absolute atomic E-state index is 13.0. The van der Waals surface area contributed by atoms with Gasteiger partial charge in [-0.15, -0.1) is 0 Å². The zero-order valence-corrected chi connectivity index (χ0v) is 17.6. The lowest BCUT2D eigenvalue weighted by Crippen LogP contribution is -2.40. The van der Waals surface area contributed by atoms with Crippen molar-refractivity contribution >= 4 is 27.1 Å². The van der Waals surface area contributed by atoms with Gasteiger partial charge in [0, 0.05) is 19.1 Å². The van der Waals surface area contributed by atoms with Crippen LogP contribution in [0.5, 0.6) is 5.75 Å². The van der Waals surface area contributed by atoms with Crippen molar-refractivity contribution in [1.29, 1.82) is 0 Å². The maximum Gasteiger partial charge on any atom is 0.298 e. The molecule has 29 heavy (non-hydrogen) atoms. The molecular formula is C21H25N3O4S. The molecule has 0 aliphatic carbocycles. The zero-order valence-electron chi connectivity index (χ0n) is 16.8.